The number of aliphatic hydroxyl groups is 1. The fraction of sp³-hybridized carbons (Fsp3) is 0.300. The van der Waals surface area contributed by atoms with E-state index in [1.807, 2.05) is 59.3 Å². The zero-order chi connectivity index (χ0) is 17.2. The van der Waals surface area contributed by atoms with E-state index in [0.717, 1.165) is 16.6 Å². The second-order valence-corrected chi connectivity index (χ2v) is 6.69. The van der Waals surface area contributed by atoms with E-state index < -0.39 is 0 Å². The van der Waals surface area contributed by atoms with E-state index in [1.54, 1.807) is 6.20 Å². The first-order valence-corrected chi connectivity index (χ1v) is 8.63. The minimum absolute atomic E-state index is 0.0432. The van der Waals surface area contributed by atoms with Crippen molar-refractivity contribution < 1.29 is 9.90 Å². The van der Waals surface area contributed by atoms with Gasteiger partial charge in [-0.15, -0.1) is 0 Å². The molecule has 1 saturated carbocycles. The summed E-state index contributed by atoms with van der Waals surface area (Å²) in [7, 11) is 0. The van der Waals surface area contributed by atoms with Crippen molar-refractivity contribution in [2.75, 3.05) is 0 Å². The SMILES string of the molecule is O=C(Cn1ccc2ccccc21)N[C@@H](c1ccccn1)C1CC(O)C1. The van der Waals surface area contributed by atoms with Gasteiger partial charge in [-0.1, -0.05) is 24.3 Å². The second kappa shape index (κ2) is 6.69. The van der Waals surface area contributed by atoms with Crippen LogP contribution < -0.4 is 5.32 Å². The molecule has 0 spiro atoms. The lowest BCUT2D eigenvalue weighted by molar-refractivity contribution is -0.123. The molecule has 5 nitrogen and oxygen atoms in total. The van der Waals surface area contributed by atoms with E-state index in [9.17, 15) is 9.90 Å². The molecule has 1 atom stereocenters. The third-order valence-corrected chi connectivity index (χ3v) is 4.94. The number of fused-ring (bicyclic) bond motifs is 1. The van der Waals surface area contributed by atoms with Crippen LogP contribution in [0.25, 0.3) is 10.9 Å². The molecule has 3 aromatic rings. The largest absolute Gasteiger partial charge is 0.393 e. The first kappa shape index (κ1) is 15.8. The van der Waals surface area contributed by atoms with Crippen LogP contribution in [-0.2, 0) is 11.3 Å². The van der Waals surface area contributed by atoms with Gasteiger partial charge in [0.25, 0.3) is 0 Å². The van der Waals surface area contributed by atoms with Gasteiger partial charge in [0.15, 0.2) is 0 Å². The molecule has 25 heavy (non-hydrogen) atoms. The fourth-order valence-electron chi connectivity index (χ4n) is 3.55. The molecule has 1 aliphatic carbocycles. The number of benzene rings is 1. The summed E-state index contributed by atoms with van der Waals surface area (Å²) in [6, 6.07) is 15.6. The summed E-state index contributed by atoms with van der Waals surface area (Å²) in [4.78, 5) is 17.0. The maximum Gasteiger partial charge on any atom is 0.240 e. The summed E-state index contributed by atoms with van der Waals surface area (Å²) in [5.74, 6) is 0.189. The predicted octanol–water partition coefficient (Wildman–Crippen LogP) is 2.66. The van der Waals surface area contributed by atoms with Crippen molar-refractivity contribution in [1.82, 2.24) is 14.9 Å². The standard InChI is InChI=1S/C20H21N3O2/c24-16-11-15(12-16)20(17-6-3-4-9-21-17)22-19(25)13-23-10-8-14-5-1-2-7-18(14)23/h1-10,15-16,20,24H,11-13H2,(H,22,25)/t15?,16?,20-/m1/s1. The van der Waals surface area contributed by atoms with Gasteiger partial charge in [0, 0.05) is 17.9 Å². The lowest BCUT2D eigenvalue weighted by Crippen LogP contribution is -2.42. The van der Waals surface area contributed by atoms with Crippen molar-refractivity contribution in [2.24, 2.45) is 5.92 Å². The molecule has 2 N–H and O–H groups in total. The van der Waals surface area contributed by atoms with Crippen molar-refractivity contribution in [2.45, 2.75) is 31.5 Å². The van der Waals surface area contributed by atoms with Gasteiger partial charge in [-0.2, -0.15) is 0 Å². The van der Waals surface area contributed by atoms with Crippen LogP contribution in [0.4, 0.5) is 0 Å². The lowest BCUT2D eigenvalue weighted by atomic mass is 9.76. The Morgan fingerprint density at radius 3 is 2.76 bits per heavy atom. The van der Waals surface area contributed by atoms with Gasteiger partial charge in [-0.3, -0.25) is 9.78 Å². The number of hydrogen-bond acceptors (Lipinski definition) is 3. The number of nitrogens with zero attached hydrogens (tertiary/aromatic N) is 2. The van der Waals surface area contributed by atoms with Crippen LogP contribution in [0.15, 0.2) is 60.9 Å². The highest BCUT2D eigenvalue weighted by Gasteiger charge is 2.36. The number of hydrogen-bond donors (Lipinski definition) is 2. The number of rotatable bonds is 5. The Morgan fingerprint density at radius 2 is 2.00 bits per heavy atom. The monoisotopic (exact) mass is 335 g/mol. The van der Waals surface area contributed by atoms with Gasteiger partial charge < -0.3 is 15.0 Å². The summed E-state index contributed by atoms with van der Waals surface area (Å²) >= 11 is 0. The maximum atomic E-state index is 12.6. The molecular formula is C20H21N3O2. The van der Waals surface area contributed by atoms with E-state index in [1.165, 1.54) is 0 Å². The minimum atomic E-state index is -0.262. The molecule has 5 heteroatoms. The highest BCUT2D eigenvalue weighted by molar-refractivity contribution is 5.83. The number of nitrogens with one attached hydrogen (secondary N) is 1. The number of carbonyl (C=O) groups is 1. The zero-order valence-electron chi connectivity index (χ0n) is 13.9. The van der Waals surface area contributed by atoms with E-state index >= 15 is 0 Å². The molecule has 1 amide bonds. The number of para-hydroxylation sites is 1. The summed E-state index contributed by atoms with van der Waals surface area (Å²) in [6.45, 7) is 0.270. The summed E-state index contributed by atoms with van der Waals surface area (Å²) in [5.41, 5.74) is 1.90. The second-order valence-electron chi connectivity index (χ2n) is 6.69. The van der Waals surface area contributed by atoms with Gasteiger partial charge in [-0.05, 0) is 48.4 Å². The molecule has 0 aliphatic heterocycles. The van der Waals surface area contributed by atoms with Crippen molar-refractivity contribution in [3.63, 3.8) is 0 Å². The molecule has 4 rings (SSSR count). The molecule has 2 heterocycles. The topological polar surface area (TPSA) is 67.2 Å². The van der Waals surface area contributed by atoms with Crippen molar-refractivity contribution in [1.29, 1.82) is 0 Å². The Kier molecular flexibility index (Phi) is 4.24. The number of aliphatic hydroxyl groups excluding tert-OH is 1. The van der Waals surface area contributed by atoms with Crippen molar-refractivity contribution in [3.05, 3.63) is 66.6 Å². The van der Waals surface area contributed by atoms with Gasteiger partial charge in [0.2, 0.25) is 5.91 Å². The molecule has 1 fully saturated rings. The van der Waals surface area contributed by atoms with Gasteiger partial charge in [-0.25, -0.2) is 0 Å². The summed E-state index contributed by atoms with van der Waals surface area (Å²) in [6.07, 6.45) is 4.82. The summed E-state index contributed by atoms with van der Waals surface area (Å²) in [5, 5.41) is 13.9. The normalized spacial score (nSPS) is 20.8. The van der Waals surface area contributed by atoms with Crippen LogP contribution in [0.5, 0.6) is 0 Å². The van der Waals surface area contributed by atoms with Crippen LogP contribution in [0.2, 0.25) is 0 Å². The predicted molar refractivity (Wildman–Crippen MR) is 95.8 cm³/mol. The van der Waals surface area contributed by atoms with E-state index in [2.05, 4.69) is 10.3 Å². The Bertz CT molecular complexity index is 869. The van der Waals surface area contributed by atoms with Gasteiger partial charge >= 0.3 is 0 Å². The molecule has 0 unspecified atom stereocenters. The lowest BCUT2D eigenvalue weighted by Gasteiger charge is -2.37. The van der Waals surface area contributed by atoms with E-state index in [-0.39, 0.29) is 30.5 Å². The number of carbonyl (C=O) groups excluding carboxylic acids is 1. The van der Waals surface area contributed by atoms with Crippen molar-refractivity contribution in [3.8, 4) is 0 Å². The van der Waals surface area contributed by atoms with Crippen LogP contribution in [0.3, 0.4) is 0 Å². The highest BCUT2D eigenvalue weighted by atomic mass is 16.3. The minimum Gasteiger partial charge on any atom is -0.393 e. The highest BCUT2D eigenvalue weighted by Crippen LogP contribution is 2.37. The Labute approximate surface area is 146 Å². The zero-order valence-corrected chi connectivity index (χ0v) is 13.9. The van der Waals surface area contributed by atoms with E-state index in [0.29, 0.717) is 12.8 Å². The molecule has 1 aromatic carbocycles. The van der Waals surface area contributed by atoms with E-state index in [4.69, 9.17) is 0 Å². The van der Waals surface area contributed by atoms with Gasteiger partial charge in [0.05, 0.1) is 17.8 Å². The van der Waals surface area contributed by atoms with Crippen LogP contribution in [0.1, 0.15) is 24.6 Å². The molecule has 0 radical (unpaired) electrons. The third-order valence-electron chi connectivity index (χ3n) is 4.94. The first-order valence-electron chi connectivity index (χ1n) is 8.63. The molecule has 2 aromatic heterocycles. The Hall–Kier alpha value is -2.66. The molecule has 0 saturated heterocycles. The third kappa shape index (κ3) is 3.28. The van der Waals surface area contributed by atoms with Crippen molar-refractivity contribution >= 4 is 16.8 Å². The average Bonchev–Trinajstić information content (AvgIpc) is 3.01. The summed E-state index contributed by atoms with van der Waals surface area (Å²) < 4.78 is 1.95. The maximum absolute atomic E-state index is 12.6. The van der Waals surface area contributed by atoms with Gasteiger partial charge in [0.1, 0.15) is 6.54 Å². The molecule has 1 aliphatic rings. The molecule has 128 valence electrons. The average molecular weight is 335 g/mol. The molecule has 0 bridgehead atoms. The first-order chi connectivity index (χ1) is 12.2. The van der Waals surface area contributed by atoms with Crippen LogP contribution in [0, 0.1) is 5.92 Å². The smallest absolute Gasteiger partial charge is 0.240 e. The Balaban J connectivity index is 1.50. The number of amides is 1. The number of aromatic nitrogens is 2. The molecular weight excluding hydrogens is 314 g/mol. The number of pyridine rings is 1. The van der Waals surface area contributed by atoms with Crippen LogP contribution in [-0.4, -0.2) is 26.7 Å². The Morgan fingerprint density at radius 1 is 1.20 bits per heavy atom. The fourth-order valence-corrected chi connectivity index (χ4v) is 3.55. The quantitative estimate of drug-likeness (QED) is 0.753. The van der Waals surface area contributed by atoms with Crippen LogP contribution >= 0.6 is 0 Å².